The summed E-state index contributed by atoms with van der Waals surface area (Å²) in [6.07, 6.45) is 0.993. The fourth-order valence-electron chi connectivity index (χ4n) is 1.78. The number of rotatable bonds is 5. The van der Waals surface area contributed by atoms with Crippen molar-refractivity contribution in [3.05, 3.63) is 29.8 Å². The summed E-state index contributed by atoms with van der Waals surface area (Å²) in [5.74, 6) is -0.587. The van der Waals surface area contributed by atoms with Crippen LogP contribution in [0.2, 0.25) is 0 Å². The Morgan fingerprint density at radius 2 is 2.10 bits per heavy atom. The van der Waals surface area contributed by atoms with Crippen LogP contribution in [-0.2, 0) is 14.4 Å². The first kappa shape index (κ1) is 14.7. The largest absolute Gasteiger partial charge is 0.343 e. The zero-order valence-electron chi connectivity index (χ0n) is 11.6. The smallest absolute Gasteiger partial charge is 0.337 e. The van der Waals surface area contributed by atoms with E-state index in [-0.39, 0.29) is 18.0 Å². The second-order valence-electron chi connectivity index (χ2n) is 4.70. The first-order valence-corrected chi connectivity index (χ1v) is 6.50. The molecule has 1 aromatic carbocycles. The molecule has 0 aromatic heterocycles. The van der Waals surface area contributed by atoms with E-state index in [1.807, 2.05) is 12.1 Å². The third-order valence-electron chi connectivity index (χ3n) is 2.81. The maximum Gasteiger partial charge on any atom is 0.337 e. The predicted octanol–water partition coefficient (Wildman–Crippen LogP) is 1.60. The normalized spacial score (nSPS) is 14.0. The van der Waals surface area contributed by atoms with Gasteiger partial charge in [0.2, 0.25) is 5.91 Å². The van der Waals surface area contributed by atoms with Crippen molar-refractivity contribution >= 4 is 29.0 Å². The number of carbonyl (C=O) groups is 2. The molecule has 0 unspecified atom stereocenters. The molecular weight excluding hydrogens is 272 g/mol. The van der Waals surface area contributed by atoms with Gasteiger partial charge in [-0.05, 0) is 24.6 Å². The van der Waals surface area contributed by atoms with E-state index in [2.05, 4.69) is 16.0 Å². The molecule has 2 rings (SSSR count). The van der Waals surface area contributed by atoms with Gasteiger partial charge >= 0.3 is 5.97 Å². The van der Waals surface area contributed by atoms with Gasteiger partial charge in [-0.3, -0.25) is 4.79 Å². The van der Waals surface area contributed by atoms with E-state index in [0.29, 0.717) is 18.5 Å². The molecule has 1 heterocycles. The lowest BCUT2D eigenvalue weighted by molar-refractivity contribution is -0.139. The van der Waals surface area contributed by atoms with Gasteiger partial charge in [-0.1, -0.05) is 12.1 Å². The Morgan fingerprint density at radius 1 is 1.38 bits per heavy atom. The van der Waals surface area contributed by atoms with Gasteiger partial charge in [-0.15, -0.1) is 0 Å². The summed E-state index contributed by atoms with van der Waals surface area (Å²) < 4.78 is 0. The van der Waals surface area contributed by atoms with Crippen molar-refractivity contribution in [1.29, 1.82) is 5.41 Å². The van der Waals surface area contributed by atoms with Crippen LogP contribution in [0.4, 0.5) is 5.69 Å². The van der Waals surface area contributed by atoms with Crippen molar-refractivity contribution in [3.63, 3.8) is 0 Å². The Kier molecular flexibility index (Phi) is 4.65. The van der Waals surface area contributed by atoms with Gasteiger partial charge in [0.25, 0.3) is 0 Å². The summed E-state index contributed by atoms with van der Waals surface area (Å²) in [5, 5.41) is 11.2. The molecule has 3 N–H and O–H groups in total. The number of nitrogens with zero attached hydrogens (tertiary/aromatic N) is 1. The summed E-state index contributed by atoms with van der Waals surface area (Å²) in [6, 6.07) is 7.15. The molecule has 21 heavy (non-hydrogen) atoms. The minimum absolute atomic E-state index is 0.0401. The van der Waals surface area contributed by atoms with Crippen LogP contribution >= 0.6 is 0 Å². The standard InChI is InChI=1S/C14H16N4O3/c1-9(15)8-14(20)21-18-11-4-2-10(3-5-11)12-6-7-13(19)17-16-12/h2-5,15,18H,6-8H2,1H3,(H,17,19). The Labute approximate surface area is 121 Å². The van der Waals surface area contributed by atoms with E-state index < -0.39 is 5.97 Å². The Morgan fingerprint density at radius 3 is 2.67 bits per heavy atom. The number of nitrogens with one attached hydrogen (secondary N) is 3. The van der Waals surface area contributed by atoms with Gasteiger partial charge in [0.05, 0.1) is 17.8 Å². The molecule has 7 nitrogen and oxygen atoms in total. The molecule has 1 aromatic rings. The summed E-state index contributed by atoms with van der Waals surface area (Å²) >= 11 is 0. The van der Waals surface area contributed by atoms with Crippen molar-refractivity contribution in [1.82, 2.24) is 5.43 Å². The molecule has 0 atom stereocenters. The van der Waals surface area contributed by atoms with Crippen LogP contribution in [0.25, 0.3) is 0 Å². The van der Waals surface area contributed by atoms with Crippen LogP contribution in [0.15, 0.2) is 29.4 Å². The molecule has 0 spiro atoms. The molecular formula is C14H16N4O3. The Balaban J connectivity index is 1.92. The number of hydrogen-bond donors (Lipinski definition) is 3. The van der Waals surface area contributed by atoms with Crippen LogP contribution < -0.4 is 10.9 Å². The first-order chi connectivity index (χ1) is 10.0. The molecule has 1 amide bonds. The predicted molar refractivity (Wildman–Crippen MR) is 78.1 cm³/mol. The van der Waals surface area contributed by atoms with Gasteiger partial charge in [0.15, 0.2) is 0 Å². The van der Waals surface area contributed by atoms with Crippen molar-refractivity contribution in [2.75, 3.05) is 5.48 Å². The van der Waals surface area contributed by atoms with Crippen LogP contribution in [0.5, 0.6) is 0 Å². The maximum absolute atomic E-state index is 11.3. The summed E-state index contributed by atoms with van der Waals surface area (Å²) in [6.45, 7) is 1.54. The van der Waals surface area contributed by atoms with Gasteiger partial charge in [0.1, 0.15) is 0 Å². The third kappa shape index (κ3) is 4.41. The number of hydrogen-bond acceptors (Lipinski definition) is 6. The Hall–Kier alpha value is -2.70. The van der Waals surface area contributed by atoms with Crippen molar-refractivity contribution in [2.45, 2.75) is 26.2 Å². The van der Waals surface area contributed by atoms with Gasteiger partial charge < -0.3 is 10.2 Å². The van der Waals surface area contributed by atoms with Crippen LogP contribution in [-0.4, -0.2) is 23.3 Å². The van der Waals surface area contributed by atoms with Crippen molar-refractivity contribution < 1.29 is 14.4 Å². The van der Waals surface area contributed by atoms with E-state index in [9.17, 15) is 9.59 Å². The molecule has 0 saturated heterocycles. The minimum Gasteiger partial charge on any atom is -0.343 e. The summed E-state index contributed by atoms with van der Waals surface area (Å²) in [5.41, 5.74) is 7.57. The number of anilines is 1. The fraction of sp³-hybridized carbons (Fsp3) is 0.286. The second kappa shape index (κ2) is 6.65. The number of benzene rings is 1. The highest BCUT2D eigenvalue weighted by Gasteiger charge is 2.13. The highest BCUT2D eigenvalue weighted by Crippen LogP contribution is 2.14. The number of amides is 1. The van der Waals surface area contributed by atoms with E-state index >= 15 is 0 Å². The van der Waals surface area contributed by atoms with Gasteiger partial charge in [-0.2, -0.15) is 5.10 Å². The zero-order valence-corrected chi connectivity index (χ0v) is 11.6. The number of hydrazone groups is 1. The van der Waals surface area contributed by atoms with Crippen molar-refractivity contribution in [3.8, 4) is 0 Å². The first-order valence-electron chi connectivity index (χ1n) is 6.50. The van der Waals surface area contributed by atoms with Crippen molar-refractivity contribution in [2.24, 2.45) is 5.10 Å². The topological polar surface area (TPSA) is 104 Å². The van der Waals surface area contributed by atoms with Crippen LogP contribution in [0, 0.1) is 5.41 Å². The van der Waals surface area contributed by atoms with Gasteiger partial charge in [-0.25, -0.2) is 15.7 Å². The molecule has 0 aliphatic carbocycles. The lowest BCUT2D eigenvalue weighted by Crippen LogP contribution is -2.25. The van der Waals surface area contributed by atoms with Crippen LogP contribution in [0.3, 0.4) is 0 Å². The molecule has 110 valence electrons. The fourth-order valence-corrected chi connectivity index (χ4v) is 1.78. The molecule has 0 saturated carbocycles. The van der Waals surface area contributed by atoms with Crippen LogP contribution in [0.1, 0.15) is 31.7 Å². The number of carbonyl (C=O) groups excluding carboxylic acids is 2. The highest BCUT2D eigenvalue weighted by molar-refractivity contribution is 6.04. The molecule has 0 fully saturated rings. The Bertz CT molecular complexity index is 593. The van der Waals surface area contributed by atoms with E-state index in [0.717, 1.165) is 11.3 Å². The van der Waals surface area contributed by atoms with E-state index in [1.54, 1.807) is 19.1 Å². The van der Waals surface area contributed by atoms with E-state index in [1.165, 1.54) is 0 Å². The SMILES string of the molecule is CC(=N)CC(=O)ONc1ccc(C2=NNC(=O)CC2)cc1. The summed E-state index contributed by atoms with van der Waals surface area (Å²) in [4.78, 5) is 27.1. The molecule has 0 radical (unpaired) electrons. The third-order valence-corrected chi connectivity index (χ3v) is 2.81. The second-order valence-corrected chi connectivity index (χ2v) is 4.70. The van der Waals surface area contributed by atoms with E-state index in [4.69, 9.17) is 10.2 Å². The monoisotopic (exact) mass is 288 g/mol. The lowest BCUT2D eigenvalue weighted by atomic mass is 10.0. The molecule has 7 heteroatoms. The highest BCUT2D eigenvalue weighted by atomic mass is 16.7. The molecule has 1 aliphatic heterocycles. The maximum atomic E-state index is 11.3. The summed E-state index contributed by atoms with van der Waals surface area (Å²) in [7, 11) is 0. The minimum atomic E-state index is -0.508. The quantitative estimate of drug-likeness (QED) is 0.565. The van der Waals surface area contributed by atoms with Gasteiger partial charge in [0, 0.05) is 18.6 Å². The average molecular weight is 288 g/mol. The molecule has 1 aliphatic rings. The average Bonchev–Trinajstić information content (AvgIpc) is 2.46. The lowest BCUT2D eigenvalue weighted by Gasteiger charge is -2.12. The zero-order chi connectivity index (χ0) is 15.2. The molecule has 0 bridgehead atoms.